The third-order valence-corrected chi connectivity index (χ3v) is 3.75. The van der Waals surface area contributed by atoms with Crippen molar-refractivity contribution in [1.82, 2.24) is 5.32 Å². The third kappa shape index (κ3) is 1.89. The second-order valence-electron chi connectivity index (χ2n) is 5.02. The highest BCUT2D eigenvalue weighted by Gasteiger charge is 2.26. The molecule has 0 bridgehead atoms. The topological polar surface area (TPSA) is 30.5 Å². The molecular formula is C14H19NO2. The summed E-state index contributed by atoms with van der Waals surface area (Å²) in [5.74, 6) is 2.64. The number of rotatable bonds is 2. The van der Waals surface area contributed by atoms with Crippen LogP contribution in [-0.4, -0.2) is 26.3 Å². The molecule has 1 saturated heterocycles. The first-order valence-corrected chi connectivity index (χ1v) is 6.36. The van der Waals surface area contributed by atoms with Crippen LogP contribution in [0.4, 0.5) is 0 Å². The van der Waals surface area contributed by atoms with Crippen molar-refractivity contribution in [1.29, 1.82) is 0 Å². The van der Waals surface area contributed by atoms with Gasteiger partial charge in [0, 0.05) is 30.0 Å². The summed E-state index contributed by atoms with van der Waals surface area (Å²) in [4.78, 5) is 0. The fourth-order valence-electron chi connectivity index (χ4n) is 2.87. The smallest absolute Gasteiger partial charge is 0.123 e. The van der Waals surface area contributed by atoms with Gasteiger partial charge in [-0.2, -0.15) is 0 Å². The minimum atomic E-state index is 0.298. The van der Waals surface area contributed by atoms with E-state index >= 15 is 0 Å². The van der Waals surface area contributed by atoms with E-state index in [1.54, 1.807) is 7.11 Å². The quantitative estimate of drug-likeness (QED) is 0.848. The van der Waals surface area contributed by atoms with Crippen molar-refractivity contribution in [3.63, 3.8) is 0 Å². The normalized spacial score (nSPS) is 26.7. The SMILES string of the molecule is COc1cc2c(cc1C1CCNC1)OC(C)C2. The van der Waals surface area contributed by atoms with Crippen molar-refractivity contribution >= 4 is 0 Å². The second-order valence-corrected chi connectivity index (χ2v) is 5.02. The van der Waals surface area contributed by atoms with Crippen LogP contribution in [0, 0.1) is 0 Å². The van der Waals surface area contributed by atoms with Gasteiger partial charge in [-0.3, -0.25) is 0 Å². The standard InChI is InChI=1S/C14H19NO2/c1-9-5-11-6-14(16-2)12(7-13(11)17-9)10-3-4-15-8-10/h6-7,9-10,15H,3-5,8H2,1-2H3. The predicted octanol–water partition coefficient (Wildman–Crippen LogP) is 2.10. The Hall–Kier alpha value is -1.22. The fourth-order valence-corrected chi connectivity index (χ4v) is 2.87. The molecule has 0 amide bonds. The van der Waals surface area contributed by atoms with E-state index in [0.717, 1.165) is 31.0 Å². The summed E-state index contributed by atoms with van der Waals surface area (Å²) < 4.78 is 11.4. The molecule has 92 valence electrons. The maximum Gasteiger partial charge on any atom is 0.123 e. The van der Waals surface area contributed by atoms with Gasteiger partial charge in [-0.25, -0.2) is 0 Å². The molecular weight excluding hydrogens is 214 g/mol. The Labute approximate surface area is 102 Å². The number of hydrogen-bond acceptors (Lipinski definition) is 3. The number of methoxy groups -OCH3 is 1. The van der Waals surface area contributed by atoms with E-state index in [1.165, 1.54) is 17.5 Å². The first-order valence-electron chi connectivity index (χ1n) is 6.36. The van der Waals surface area contributed by atoms with Crippen LogP contribution in [0.25, 0.3) is 0 Å². The molecule has 2 aliphatic rings. The molecule has 3 rings (SSSR count). The zero-order valence-electron chi connectivity index (χ0n) is 10.5. The maximum atomic E-state index is 5.83. The lowest BCUT2D eigenvalue weighted by Gasteiger charge is -2.15. The van der Waals surface area contributed by atoms with Crippen molar-refractivity contribution in [2.75, 3.05) is 20.2 Å². The molecule has 3 nitrogen and oxygen atoms in total. The molecule has 0 spiro atoms. The van der Waals surface area contributed by atoms with Crippen LogP contribution in [0.15, 0.2) is 12.1 Å². The highest BCUT2D eigenvalue weighted by Crippen LogP contribution is 2.39. The van der Waals surface area contributed by atoms with Crippen LogP contribution in [0.1, 0.15) is 30.4 Å². The van der Waals surface area contributed by atoms with Gasteiger partial charge in [-0.15, -0.1) is 0 Å². The molecule has 1 aromatic rings. The van der Waals surface area contributed by atoms with Crippen LogP contribution in [0.5, 0.6) is 11.5 Å². The fraction of sp³-hybridized carbons (Fsp3) is 0.571. The van der Waals surface area contributed by atoms with Crippen molar-refractivity contribution in [2.45, 2.75) is 31.8 Å². The molecule has 0 aromatic heterocycles. The first-order chi connectivity index (χ1) is 8.28. The average molecular weight is 233 g/mol. The lowest BCUT2D eigenvalue weighted by Crippen LogP contribution is -2.09. The van der Waals surface area contributed by atoms with Crippen LogP contribution in [0.3, 0.4) is 0 Å². The molecule has 1 fully saturated rings. The van der Waals surface area contributed by atoms with Crippen LogP contribution in [0.2, 0.25) is 0 Å². The lowest BCUT2D eigenvalue weighted by atomic mass is 9.95. The molecule has 0 radical (unpaired) electrons. The maximum absolute atomic E-state index is 5.83. The van der Waals surface area contributed by atoms with Gasteiger partial charge in [0.2, 0.25) is 0 Å². The molecule has 2 atom stereocenters. The zero-order chi connectivity index (χ0) is 11.8. The van der Waals surface area contributed by atoms with Crippen molar-refractivity contribution in [2.24, 2.45) is 0 Å². The molecule has 3 heteroatoms. The minimum absolute atomic E-state index is 0.298. The molecule has 17 heavy (non-hydrogen) atoms. The molecule has 1 N–H and O–H groups in total. The summed E-state index contributed by atoms with van der Waals surface area (Å²) in [6, 6.07) is 4.35. The molecule has 2 unspecified atom stereocenters. The Bertz CT molecular complexity index is 424. The van der Waals surface area contributed by atoms with Gasteiger partial charge in [0.1, 0.15) is 17.6 Å². The van der Waals surface area contributed by atoms with Crippen molar-refractivity contribution < 1.29 is 9.47 Å². The van der Waals surface area contributed by atoms with E-state index in [1.807, 2.05) is 0 Å². The summed E-state index contributed by atoms with van der Waals surface area (Å²) in [5, 5.41) is 3.40. The molecule has 2 heterocycles. The number of nitrogens with one attached hydrogen (secondary N) is 1. The van der Waals surface area contributed by atoms with Crippen molar-refractivity contribution in [3.8, 4) is 11.5 Å². The number of benzene rings is 1. The summed E-state index contributed by atoms with van der Waals surface area (Å²) >= 11 is 0. The summed E-state index contributed by atoms with van der Waals surface area (Å²) in [7, 11) is 1.76. The first kappa shape index (κ1) is 10.9. The molecule has 0 saturated carbocycles. The summed E-state index contributed by atoms with van der Waals surface area (Å²) in [6.45, 7) is 4.26. The average Bonchev–Trinajstić information content (AvgIpc) is 2.93. The molecule has 1 aromatic carbocycles. The Balaban J connectivity index is 1.99. The number of ether oxygens (including phenoxy) is 2. The highest BCUT2D eigenvalue weighted by atomic mass is 16.5. The van der Waals surface area contributed by atoms with Gasteiger partial charge in [0.15, 0.2) is 0 Å². The largest absolute Gasteiger partial charge is 0.496 e. The monoisotopic (exact) mass is 233 g/mol. The van der Waals surface area contributed by atoms with Gasteiger partial charge in [-0.1, -0.05) is 0 Å². The van der Waals surface area contributed by atoms with E-state index in [2.05, 4.69) is 24.4 Å². The predicted molar refractivity (Wildman–Crippen MR) is 67.0 cm³/mol. The van der Waals surface area contributed by atoms with Crippen LogP contribution < -0.4 is 14.8 Å². The minimum Gasteiger partial charge on any atom is -0.496 e. The van der Waals surface area contributed by atoms with E-state index in [-0.39, 0.29) is 0 Å². The summed E-state index contributed by atoms with van der Waals surface area (Å²) in [6.07, 6.45) is 2.48. The van der Waals surface area contributed by atoms with Crippen molar-refractivity contribution in [3.05, 3.63) is 23.3 Å². The zero-order valence-corrected chi connectivity index (χ0v) is 10.5. The van der Waals surface area contributed by atoms with Gasteiger partial charge in [0.25, 0.3) is 0 Å². The van der Waals surface area contributed by atoms with Crippen LogP contribution >= 0.6 is 0 Å². The van der Waals surface area contributed by atoms with Gasteiger partial charge in [0.05, 0.1) is 7.11 Å². The number of hydrogen-bond donors (Lipinski definition) is 1. The Morgan fingerprint density at radius 2 is 2.29 bits per heavy atom. The van der Waals surface area contributed by atoms with Crippen LogP contribution in [-0.2, 0) is 6.42 Å². The van der Waals surface area contributed by atoms with Gasteiger partial charge in [-0.05, 0) is 32.0 Å². The van der Waals surface area contributed by atoms with Gasteiger partial charge >= 0.3 is 0 Å². The van der Waals surface area contributed by atoms with E-state index in [0.29, 0.717) is 12.0 Å². The van der Waals surface area contributed by atoms with Gasteiger partial charge < -0.3 is 14.8 Å². The Kier molecular flexibility index (Phi) is 2.71. The van der Waals surface area contributed by atoms with E-state index in [4.69, 9.17) is 9.47 Å². The lowest BCUT2D eigenvalue weighted by molar-refractivity contribution is 0.254. The van der Waals surface area contributed by atoms with E-state index in [9.17, 15) is 0 Å². The molecule has 0 aliphatic carbocycles. The third-order valence-electron chi connectivity index (χ3n) is 3.75. The Morgan fingerprint density at radius 3 is 3.00 bits per heavy atom. The second kappa shape index (κ2) is 4.22. The number of fused-ring (bicyclic) bond motifs is 1. The molecule has 2 aliphatic heterocycles. The Morgan fingerprint density at radius 1 is 1.41 bits per heavy atom. The highest BCUT2D eigenvalue weighted by molar-refractivity contribution is 5.50. The summed E-state index contributed by atoms with van der Waals surface area (Å²) in [5.41, 5.74) is 2.58. The van der Waals surface area contributed by atoms with E-state index < -0.39 is 0 Å².